The van der Waals surface area contributed by atoms with E-state index in [1.807, 2.05) is 6.92 Å². The maximum absolute atomic E-state index is 13.0. The van der Waals surface area contributed by atoms with Gasteiger partial charge < -0.3 is 0 Å². The molecule has 110 valence electrons. The summed E-state index contributed by atoms with van der Waals surface area (Å²) in [5, 5.41) is 0. The molecule has 1 nitrogen and oxygen atoms in total. The molecule has 1 aromatic carbocycles. The average Bonchev–Trinajstić information content (AvgIpc) is 2.45. The molecule has 0 radical (unpaired) electrons. The van der Waals surface area contributed by atoms with Gasteiger partial charge in [-0.3, -0.25) is 4.99 Å². The van der Waals surface area contributed by atoms with Crippen molar-refractivity contribution in [3.8, 4) is 12.3 Å². The molecule has 0 aliphatic carbocycles. The minimum Gasteiger partial charge on any atom is -0.272 e. The van der Waals surface area contributed by atoms with Crippen LogP contribution >= 0.6 is 12.1 Å². The fourth-order valence-electron chi connectivity index (χ4n) is 1.51. The van der Waals surface area contributed by atoms with Gasteiger partial charge in [-0.15, -0.1) is 6.42 Å². The molecule has 21 heavy (non-hydrogen) atoms. The standard InChI is InChI=1S/C16H14F3NS/c1-3-5-16(21-19)7-6-15(4-2)20-11-12-8-13(17)10-14(18)9-12/h2,5-10H,3,11H2,1H3/b7-6-,16-5-,20-15?. The van der Waals surface area contributed by atoms with Crippen molar-refractivity contribution in [1.29, 1.82) is 0 Å². The van der Waals surface area contributed by atoms with Crippen LogP contribution in [0.2, 0.25) is 0 Å². The third kappa shape index (κ3) is 6.37. The molecule has 0 bridgehead atoms. The third-order valence-corrected chi connectivity index (χ3v) is 2.88. The highest BCUT2D eigenvalue weighted by molar-refractivity contribution is 7.98. The first-order chi connectivity index (χ1) is 10.1. The van der Waals surface area contributed by atoms with E-state index in [4.69, 9.17) is 6.42 Å². The number of terminal acetylenes is 1. The Kier molecular flexibility index (Phi) is 7.41. The van der Waals surface area contributed by atoms with E-state index in [0.717, 1.165) is 6.07 Å². The maximum Gasteiger partial charge on any atom is 0.126 e. The Morgan fingerprint density at radius 1 is 1.29 bits per heavy atom. The predicted octanol–water partition coefficient (Wildman–Crippen LogP) is 5.01. The number of rotatable bonds is 6. The van der Waals surface area contributed by atoms with Crippen molar-refractivity contribution in [2.24, 2.45) is 4.99 Å². The SMILES string of the molecule is C#CC(/C=C\C(=C\CC)SF)=NCc1cc(F)cc(F)c1. The van der Waals surface area contributed by atoms with Crippen LogP contribution in [0, 0.1) is 24.0 Å². The lowest BCUT2D eigenvalue weighted by atomic mass is 10.2. The normalized spacial score (nSPS) is 12.7. The topological polar surface area (TPSA) is 12.4 Å². The molecular weight excluding hydrogens is 295 g/mol. The number of nitrogens with zero attached hydrogens (tertiary/aromatic N) is 1. The van der Waals surface area contributed by atoms with Crippen LogP contribution in [0.4, 0.5) is 12.7 Å². The Morgan fingerprint density at radius 2 is 1.95 bits per heavy atom. The Labute approximate surface area is 127 Å². The summed E-state index contributed by atoms with van der Waals surface area (Å²) in [7, 11) is 0. The molecule has 1 rings (SSSR count). The zero-order valence-corrected chi connectivity index (χ0v) is 12.3. The Bertz CT molecular complexity index is 592. The summed E-state index contributed by atoms with van der Waals surface area (Å²) in [5.41, 5.74) is 0.647. The Hall–Kier alpha value is -1.93. The number of halogens is 3. The molecule has 0 saturated carbocycles. The number of hydrogen-bond donors (Lipinski definition) is 0. The van der Waals surface area contributed by atoms with Gasteiger partial charge in [0.2, 0.25) is 0 Å². The van der Waals surface area contributed by atoms with Gasteiger partial charge in [0.05, 0.1) is 18.7 Å². The average molecular weight is 309 g/mol. The highest BCUT2D eigenvalue weighted by Gasteiger charge is 2.00. The van der Waals surface area contributed by atoms with Crippen LogP contribution in [0.5, 0.6) is 0 Å². The summed E-state index contributed by atoms with van der Waals surface area (Å²) >= 11 is 0.117. The molecule has 0 aliphatic heterocycles. The first-order valence-corrected chi connectivity index (χ1v) is 6.93. The van der Waals surface area contributed by atoms with Crippen LogP contribution in [0.25, 0.3) is 0 Å². The van der Waals surface area contributed by atoms with Crippen molar-refractivity contribution in [3.05, 3.63) is 58.5 Å². The molecule has 0 heterocycles. The van der Waals surface area contributed by atoms with E-state index < -0.39 is 11.6 Å². The summed E-state index contributed by atoms with van der Waals surface area (Å²) in [6.07, 6.45) is 10.7. The van der Waals surface area contributed by atoms with Gasteiger partial charge in [0.15, 0.2) is 0 Å². The lowest BCUT2D eigenvalue weighted by Crippen LogP contribution is -1.93. The van der Waals surface area contributed by atoms with Crippen molar-refractivity contribution >= 4 is 17.9 Å². The van der Waals surface area contributed by atoms with Gasteiger partial charge in [-0.2, -0.15) is 3.89 Å². The summed E-state index contributed by atoms with van der Waals surface area (Å²) in [6.45, 7) is 1.94. The molecule has 0 atom stereocenters. The monoisotopic (exact) mass is 309 g/mol. The molecule has 0 aromatic heterocycles. The molecule has 0 aliphatic rings. The molecule has 0 saturated heterocycles. The minimum atomic E-state index is -0.667. The van der Waals surface area contributed by atoms with E-state index >= 15 is 0 Å². The van der Waals surface area contributed by atoms with Crippen molar-refractivity contribution in [2.45, 2.75) is 19.9 Å². The Balaban J connectivity index is 2.83. The lowest BCUT2D eigenvalue weighted by Gasteiger charge is -1.99. The van der Waals surface area contributed by atoms with Crippen LogP contribution in [0.3, 0.4) is 0 Å². The highest BCUT2D eigenvalue weighted by atomic mass is 32.2. The van der Waals surface area contributed by atoms with Crippen molar-refractivity contribution in [2.75, 3.05) is 0 Å². The summed E-state index contributed by atoms with van der Waals surface area (Å²) in [6, 6.07) is 3.16. The summed E-state index contributed by atoms with van der Waals surface area (Å²) in [4.78, 5) is 4.49. The van der Waals surface area contributed by atoms with Crippen LogP contribution in [-0.4, -0.2) is 5.71 Å². The second-order valence-corrected chi connectivity index (χ2v) is 4.67. The zero-order chi connectivity index (χ0) is 15.7. The lowest BCUT2D eigenvalue weighted by molar-refractivity contribution is 0.580. The van der Waals surface area contributed by atoms with Crippen molar-refractivity contribution in [3.63, 3.8) is 0 Å². The van der Waals surface area contributed by atoms with Crippen LogP contribution in [0.1, 0.15) is 18.9 Å². The first kappa shape index (κ1) is 17.1. The summed E-state index contributed by atoms with van der Waals surface area (Å²) < 4.78 is 38.6. The third-order valence-electron chi connectivity index (χ3n) is 2.40. The zero-order valence-electron chi connectivity index (χ0n) is 11.4. The number of benzene rings is 1. The number of hydrogen-bond acceptors (Lipinski definition) is 2. The molecule has 0 amide bonds. The largest absolute Gasteiger partial charge is 0.272 e. The van der Waals surface area contributed by atoms with Gasteiger partial charge in [-0.05, 0) is 36.3 Å². The predicted molar refractivity (Wildman–Crippen MR) is 82.5 cm³/mol. The van der Waals surface area contributed by atoms with Gasteiger partial charge in [0.1, 0.15) is 17.3 Å². The molecule has 0 fully saturated rings. The number of allylic oxidation sites excluding steroid dienone is 3. The molecule has 0 spiro atoms. The van der Waals surface area contributed by atoms with Gasteiger partial charge in [0.25, 0.3) is 0 Å². The fraction of sp³-hybridized carbons (Fsp3) is 0.188. The second-order valence-electron chi connectivity index (χ2n) is 4.05. The molecule has 5 heteroatoms. The molecule has 0 unspecified atom stereocenters. The van der Waals surface area contributed by atoms with E-state index in [2.05, 4.69) is 10.9 Å². The van der Waals surface area contributed by atoms with Gasteiger partial charge >= 0.3 is 0 Å². The van der Waals surface area contributed by atoms with E-state index in [-0.39, 0.29) is 24.4 Å². The van der Waals surface area contributed by atoms with E-state index in [9.17, 15) is 12.7 Å². The highest BCUT2D eigenvalue weighted by Crippen LogP contribution is 2.18. The molecule has 0 N–H and O–H groups in total. The quantitative estimate of drug-likeness (QED) is 0.409. The van der Waals surface area contributed by atoms with Crippen LogP contribution < -0.4 is 0 Å². The van der Waals surface area contributed by atoms with Gasteiger partial charge in [0, 0.05) is 11.0 Å². The van der Waals surface area contributed by atoms with Gasteiger partial charge in [-0.1, -0.05) is 18.9 Å². The second kappa shape index (κ2) is 9.09. The molecule has 1 aromatic rings. The summed E-state index contributed by atoms with van der Waals surface area (Å²) in [5.74, 6) is 1.01. The van der Waals surface area contributed by atoms with E-state index in [1.54, 1.807) is 6.08 Å². The molecular formula is C16H14F3NS. The fourth-order valence-corrected chi connectivity index (χ4v) is 1.86. The van der Waals surface area contributed by atoms with Crippen molar-refractivity contribution < 1.29 is 12.7 Å². The van der Waals surface area contributed by atoms with Crippen molar-refractivity contribution in [1.82, 2.24) is 0 Å². The van der Waals surface area contributed by atoms with Gasteiger partial charge in [-0.25, -0.2) is 8.78 Å². The van der Waals surface area contributed by atoms with E-state index in [0.29, 0.717) is 16.9 Å². The van der Waals surface area contributed by atoms with Crippen LogP contribution in [0.15, 0.2) is 46.3 Å². The number of aliphatic imine (C=N–C) groups is 1. The smallest absolute Gasteiger partial charge is 0.126 e. The minimum absolute atomic E-state index is 0.0497. The van der Waals surface area contributed by atoms with Crippen LogP contribution in [-0.2, 0) is 6.54 Å². The first-order valence-electron chi connectivity index (χ1n) is 6.22. The van der Waals surface area contributed by atoms with E-state index in [1.165, 1.54) is 24.3 Å². The Morgan fingerprint density at radius 3 is 2.48 bits per heavy atom. The maximum atomic E-state index is 13.0.